The maximum absolute atomic E-state index is 12.0. The zero-order valence-corrected chi connectivity index (χ0v) is 12.3. The van der Waals surface area contributed by atoms with Gasteiger partial charge in [0.2, 0.25) is 0 Å². The van der Waals surface area contributed by atoms with Gasteiger partial charge in [-0.1, -0.05) is 23.7 Å². The molecule has 0 saturated heterocycles. The Bertz CT molecular complexity index is 831. The fourth-order valence-corrected chi connectivity index (χ4v) is 2.24. The van der Waals surface area contributed by atoms with Gasteiger partial charge in [-0.25, -0.2) is 9.97 Å². The van der Waals surface area contributed by atoms with Crippen LogP contribution in [0.3, 0.4) is 0 Å². The highest BCUT2D eigenvalue weighted by molar-refractivity contribution is 6.33. The second-order valence-electron chi connectivity index (χ2n) is 4.59. The third kappa shape index (κ3) is 2.76. The summed E-state index contributed by atoms with van der Waals surface area (Å²) in [4.78, 5) is 20.6. The summed E-state index contributed by atoms with van der Waals surface area (Å²) in [5, 5.41) is 9.63. The highest BCUT2D eigenvalue weighted by atomic mass is 35.5. The molecule has 0 unspecified atom stereocenters. The normalized spacial score (nSPS) is 10.8. The van der Waals surface area contributed by atoms with Crippen molar-refractivity contribution in [1.82, 2.24) is 25.5 Å². The van der Waals surface area contributed by atoms with Gasteiger partial charge in [-0.2, -0.15) is 5.10 Å². The van der Waals surface area contributed by atoms with E-state index < -0.39 is 0 Å². The van der Waals surface area contributed by atoms with Gasteiger partial charge in [-0.15, -0.1) is 0 Å². The monoisotopic (exact) mass is 316 g/mol. The molecule has 0 bridgehead atoms. The van der Waals surface area contributed by atoms with E-state index in [-0.39, 0.29) is 11.1 Å². The van der Waals surface area contributed by atoms with Gasteiger partial charge in [0.1, 0.15) is 11.0 Å². The van der Waals surface area contributed by atoms with Crippen molar-refractivity contribution in [3.8, 4) is 11.4 Å². The minimum absolute atomic E-state index is 0.192. The minimum atomic E-state index is -0.192. The summed E-state index contributed by atoms with van der Waals surface area (Å²) in [6.45, 7) is 0.813. The van der Waals surface area contributed by atoms with Crippen molar-refractivity contribution >= 4 is 28.5 Å². The van der Waals surface area contributed by atoms with Gasteiger partial charge >= 0.3 is 0 Å². The van der Waals surface area contributed by atoms with E-state index in [2.05, 4.69) is 25.5 Å². The van der Waals surface area contributed by atoms with Crippen LogP contribution in [0.25, 0.3) is 22.4 Å². The number of carbonyl (C=O) groups excluding carboxylic acids is 1. The molecule has 22 heavy (non-hydrogen) atoms. The zero-order chi connectivity index (χ0) is 15.5. The molecular weight excluding hydrogens is 304 g/mol. The Morgan fingerprint density at radius 3 is 3.05 bits per heavy atom. The third-order valence-electron chi connectivity index (χ3n) is 3.07. The van der Waals surface area contributed by atoms with Crippen molar-refractivity contribution in [2.45, 2.75) is 0 Å². The first-order chi connectivity index (χ1) is 10.7. The van der Waals surface area contributed by atoms with Crippen LogP contribution in [0, 0.1) is 0 Å². The van der Waals surface area contributed by atoms with Gasteiger partial charge in [0.25, 0.3) is 5.91 Å². The molecule has 112 valence electrons. The molecule has 3 aromatic rings. The van der Waals surface area contributed by atoms with Crippen molar-refractivity contribution in [3.63, 3.8) is 0 Å². The molecule has 0 spiro atoms. The smallest absolute Gasteiger partial charge is 0.251 e. The number of amides is 1. The van der Waals surface area contributed by atoms with E-state index in [0.29, 0.717) is 41.1 Å². The first-order valence-electron chi connectivity index (χ1n) is 6.64. The van der Waals surface area contributed by atoms with Crippen LogP contribution in [-0.2, 0) is 0 Å². The number of aromatic amines is 1. The standard InChI is InChI=1S/C14H13ClN6O/c15-12-11-10(7-18-21-11)19-13(20-12)8-2-1-3-9(6-8)14(22)17-5-4-16/h1-3,6-7H,4-5,16H2,(H,17,22)(H,18,21). The Labute approximate surface area is 130 Å². The zero-order valence-electron chi connectivity index (χ0n) is 11.5. The van der Waals surface area contributed by atoms with E-state index in [1.165, 1.54) is 0 Å². The van der Waals surface area contributed by atoms with Gasteiger partial charge in [0.15, 0.2) is 11.0 Å². The summed E-state index contributed by atoms with van der Waals surface area (Å²) >= 11 is 6.11. The fraction of sp³-hybridized carbons (Fsp3) is 0.143. The quantitative estimate of drug-likeness (QED) is 0.630. The van der Waals surface area contributed by atoms with E-state index in [1.54, 1.807) is 24.4 Å². The van der Waals surface area contributed by atoms with Crippen LogP contribution in [0.5, 0.6) is 0 Å². The average molecular weight is 317 g/mol. The van der Waals surface area contributed by atoms with Gasteiger partial charge in [0.05, 0.1) is 6.20 Å². The molecule has 2 heterocycles. The lowest BCUT2D eigenvalue weighted by Crippen LogP contribution is -2.28. The Morgan fingerprint density at radius 1 is 1.36 bits per heavy atom. The second-order valence-corrected chi connectivity index (χ2v) is 4.95. The number of nitrogens with one attached hydrogen (secondary N) is 2. The summed E-state index contributed by atoms with van der Waals surface area (Å²) in [7, 11) is 0. The van der Waals surface area contributed by atoms with Gasteiger partial charge in [-0.05, 0) is 12.1 Å². The molecule has 0 fully saturated rings. The Kier molecular flexibility index (Phi) is 3.99. The molecule has 3 rings (SSSR count). The van der Waals surface area contributed by atoms with Crippen molar-refractivity contribution in [3.05, 3.63) is 41.2 Å². The number of halogens is 1. The van der Waals surface area contributed by atoms with Crippen LogP contribution in [0.15, 0.2) is 30.5 Å². The summed E-state index contributed by atoms with van der Waals surface area (Å²) in [5.74, 6) is 0.246. The summed E-state index contributed by atoms with van der Waals surface area (Å²) in [6, 6.07) is 7.01. The number of hydrogen-bond donors (Lipinski definition) is 3. The molecule has 0 aliphatic rings. The van der Waals surface area contributed by atoms with Gasteiger partial charge in [0, 0.05) is 24.2 Å². The highest BCUT2D eigenvalue weighted by Crippen LogP contribution is 2.23. The van der Waals surface area contributed by atoms with Crippen molar-refractivity contribution in [2.75, 3.05) is 13.1 Å². The third-order valence-corrected chi connectivity index (χ3v) is 3.34. The first kappa shape index (κ1) is 14.4. The molecule has 0 aliphatic carbocycles. The first-order valence-corrected chi connectivity index (χ1v) is 7.02. The van der Waals surface area contributed by atoms with Crippen molar-refractivity contribution in [1.29, 1.82) is 0 Å². The van der Waals surface area contributed by atoms with E-state index in [0.717, 1.165) is 0 Å². The molecule has 8 heteroatoms. The highest BCUT2D eigenvalue weighted by Gasteiger charge is 2.11. The largest absolute Gasteiger partial charge is 0.351 e. The topological polar surface area (TPSA) is 110 Å². The lowest BCUT2D eigenvalue weighted by Gasteiger charge is -2.06. The van der Waals surface area contributed by atoms with Crippen LogP contribution in [-0.4, -0.2) is 39.2 Å². The van der Waals surface area contributed by atoms with E-state index in [1.807, 2.05) is 6.07 Å². The average Bonchev–Trinajstić information content (AvgIpc) is 3.02. The van der Waals surface area contributed by atoms with Crippen LogP contribution in [0.2, 0.25) is 5.15 Å². The van der Waals surface area contributed by atoms with Crippen molar-refractivity contribution < 1.29 is 4.79 Å². The predicted molar refractivity (Wildman–Crippen MR) is 83.5 cm³/mol. The number of nitrogens with two attached hydrogens (primary N) is 1. The fourth-order valence-electron chi connectivity index (χ4n) is 2.02. The molecule has 1 amide bonds. The maximum Gasteiger partial charge on any atom is 0.251 e. The molecule has 2 aromatic heterocycles. The molecule has 1 aromatic carbocycles. The molecule has 0 radical (unpaired) electrons. The Balaban J connectivity index is 1.98. The van der Waals surface area contributed by atoms with E-state index >= 15 is 0 Å². The predicted octanol–water partition coefficient (Wildman–Crippen LogP) is 1.36. The van der Waals surface area contributed by atoms with Gasteiger partial charge < -0.3 is 11.1 Å². The Hall–Kier alpha value is -2.51. The number of fused-ring (bicyclic) bond motifs is 1. The Morgan fingerprint density at radius 2 is 2.23 bits per heavy atom. The lowest BCUT2D eigenvalue weighted by atomic mass is 10.1. The number of nitrogens with zero attached hydrogens (tertiary/aromatic N) is 3. The minimum Gasteiger partial charge on any atom is -0.351 e. The van der Waals surface area contributed by atoms with E-state index in [9.17, 15) is 4.79 Å². The molecule has 0 saturated carbocycles. The van der Waals surface area contributed by atoms with Crippen LogP contribution in [0.1, 0.15) is 10.4 Å². The summed E-state index contributed by atoms with van der Waals surface area (Å²) < 4.78 is 0. The lowest BCUT2D eigenvalue weighted by molar-refractivity contribution is 0.0955. The molecule has 0 atom stereocenters. The molecular formula is C14H13ClN6O. The molecule has 4 N–H and O–H groups in total. The summed E-state index contributed by atoms with van der Waals surface area (Å²) in [6.07, 6.45) is 1.57. The SMILES string of the molecule is NCCNC(=O)c1cccc(-c2nc(Cl)c3[nH]ncc3n2)c1. The van der Waals surface area contributed by atoms with Crippen LogP contribution < -0.4 is 11.1 Å². The number of benzene rings is 1. The number of H-pyrrole nitrogens is 1. The van der Waals surface area contributed by atoms with E-state index in [4.69, 9.17) is 17.3 Å². The second kappa shape index (κ2) is 6.08. The number of rotatable bonds is 4. The van der Waals surface area contributed by atoms with Gasteiger partial charge in [-0.3, -0.25) is 9.89 Å². The number of carbonyl (C=O) groups is 1. The number of hydrogen-bond acceptors (Lipinski definition) is 5. The number of aromatic nitrogens is 4. The maximum atomic E-state index is 12.0. The molecule has 0 aliphatic heterocycles. The van der Waals surface area contributed by atoms with Crippen molar-refractivity contribution in [2.24, 2.45) is 5.73 Å². The van der Waals surface area contributed by atoms with Crippen LogP contribution in [0.4, 0.5) is 0 Å². The molecule has 7 nitrogen and oxygen atoms in total. The summed E-state index contributed by atoms with van der Waals surface area (Å²) in [5.41, 5.74) is 7.79. The van der Waals surface area contributed by atoms with Crippen LogP contribution >= 0.6 is 11.6 Å².